The topological polar surface area (TPSA) is 26.0 Å². The zero-order valence-electron chi connectivity index (χ0n) is 7.35. The SMILES string of the molecule is CC1CCC(N)(C(C)C)C1. The minimum Gasteiger partial charge on any atom is -0.325 e. The molecule has 1 fully saturated rings. The Labute approximate surface area is 64.0 Å². The van der Waals surface area contributed by atoms with E-state index in [9.17, 15) is 0 Å². The second kappa shape index (κ2) is 2.54. The molecule has 1 heteroatoms. The van der Waals surface area contributed by atoms with Crippen LogP contribution in [0.5, 0.6) is 0 Å². The lowest BCUT2D eigenvalue weighted by atomic mass is 9.85. The maximum Gasteiger partial charge on any atom is 0.0180 e. The van der Waals surface area contributed by atoms with E-state index in [-0.39, 0.29) is 5.54 Å². The summed E-state index contributed by atoms with van der Waals surface area (Å²) < 4.78 is 0. The molecule has 0 aromatic rings. The van der Waals surface area contributed by atoms with Crippen LogP contribution in [0.3, 0.4) is 0 Å². The molecule has 0 aromatic heterocycles. The summed E-state index contributed by atoms with van der Waals surface area (Å²) in [5, 5.41) is 0. The van der Waals surface area contributed by atoms with Gasteiger partial charge < -0.3 is 5.73 Å². The molecule has 0 aromatic carbocycles. The van der Waals surface area contributed by atoms with E-state index in [4.69, 9.17) is 5.73 Å². The molecule has 1 nitrogen and oxygen atoms in total. The zero-order chi connectivity index (χ0) is 7.78. The molecule has 0 bridgehead atoms. The van der Waals surface area contributed by atoms with Crippen LogP contribution in [0.4, 0.5) is 0 Å². The van der Waals surface area contributed by atoms with E-state index in [0.717, 1.165) is 5.92 Å². The van der Waals surface area contributed by atoms with E-state index in [2.05, 4.69) is 20.8 Å². The monoisotopic (exact) mass is 141 g/mol. The van der Waals surface area contributed by atoms with E-state index in [1.165, 1.54) is 19.3 Å². The highest BCUT2D eigenvalue weighted by Crippen LogP contribution is 2.36. The van der Waals surface area contributed by atoms with Gasteiger partial charge in [0.05, 0.1) is 0 Å². The minimum atomic E-state index is 0.166. The number of rotatable bonds is 1. The van der Waals surface area contributed by atoms with Crippen molar-refractivity contribution < 1.29 is 0 Å². The molecule has 10 heavy (non-hydrogen) atoms. The van der Waals surface area contributed by atoms with Gasteiger partial charge in [-0.2, -0.15) is 0 Å². The van der Waals surface area contributed by atoms with E-state index in [0.29, 0.717) is 5.92 Å². The van der Waals surface area contributed by atoms with Gasteiger partial charge in [-0.05, 0) is 31.1 Å². The number of hydrogen-bond donors (Lipinski definition) is 1. The van der Waals surface area contributed by atoms with Crippen LogP contribution in [-0.2, 0) is 0 Å². The molecule has 1 aliphatic carbocycles. The smallest absolute Gasteiger partial charge is 0.0180 e. The molecule has 1 rings (SSSR count). The van der Waals surface area contributed by atoms with Crippen LogP contribution in [-0.4, -0.2) is 5.54 Å². The number of nitrogens with two attached hydrogens (primary N) is 1. The third kappa shape index (κ3) is 1.34. The fraction of sp³-hybridized carbons (Fsp3) is 1.00. The Kier molecular flexibility index (Phi) is 2.04. The summed E-state index contributed by atoms with van der Waals surface area (Å²) in [6.07, 6.45) is 3.78. The first kappa shape index (κ1) is 8.06. The lowest BCUT2D eigenvalue weighted by molar-refractivity contribution is 0.309. The van der Waals surface area contributed by atoms with Gasteiger partial charge in [0, 0.05) is 5.54 Å². The molecule has 1 aliphatic rings. The molecule has 0 spiro atoms. The molecular weight excluding hydrogens is 122 g/mol. The first-order valence-corrected chi connectivity index (χ1v) is 4.33. The fourth-order valence-corrected chi connectivity index (χ4v) is 1.89. The van der Waals surface area contributed by atoms with Gasteiger partial charge in [0.2, 0.25) is 0 Å². The number of hydrogen-bond acceptors (Lipinski definition) is 1. The van der Waals surface area contributed by atoms with Gasteiger partial charge >= 0.3 is 0 Å². The summed E-state index contributed by atoms with van der Waals surface area (Å²) in [7, 11) is 0. The summed E-state index contributed by atoms with van der Waals surface area (Å²) in [4.78, 5) is 0. The van der Waals surface area contributed by atoms with Crippen molar-refractivity contribution in [2.45, 2.75) is 45.6 Å². The Balaban J connectivity index is 2.54. The highest BCUT2D eigenvalue weighted by molar-refractivity contribution is 4.94. The van der Waals surface area contributed by atoms with Crippen molar-refractivity contribution >= 4 is 0 Å². The maximum absolute atomic E-state index is 6.19. The van der Waals surface area contributed by atoms with E-state index in [1.807, 2.05) is 0 Å². The molecule has 1 saturated carbocycles. The standard InChI is InChI=1S/C9H19N/c1-7(2)9(10)5-4-8(3)6-9/h7-8H,4-6,10H2,1-3H3. The van der Waals surface area contributed by atoms with Crippen LogP contribution in [0.1, 0.15) is 40.0 Å². The Morgan fingerprint density at radius 2 is 2.10 bits per heavy atom. The molecule has 2 atom stereocenters. The fourth-order valence-electron chi connectivity index (χ4n) is 1.89. The summed E-state index contributed by atoms with van der Waals surface area (Å²) >= 11 is 0. The molecule has 0 aliphatic heterocycles. The molecule has 2 unspecified atom stereocenters. The Hall–Kier alpha value is -0.0400. The predicted octanol–water partition coefficient (Wildman–Crippen LogP) is 2.16. The molecular formula is C9H19N. The van der Waals surface area contributed by atoms with Crippen molar-refractivity contribution in [3.05, 3.63) is 0 Å². The second-order valence-corrected chi connectivity index (χ2v) is 4.24. The quantitative estimate of drug-likeness (QED) is 0.595. The average Bonchev–Trinajstić information content (AvgIpc) is 2.13. The Morgan fingerprint density at radius 3 is 2.30 bits per heavy atom. The van der Waals surface area contributed by atoms with Gasteiger partial charge in [0.25, 0.3) is 0 Å². The highest BCUT2D eigenvalue weighted by atomic mass is 14.8. The van der Waals surface area contributed by atoms with Crippen molar-refractivity contribution in [2.75, 3.05) is 0 Å². The summed E-state index contributed by atoms with van der Waals surface area (Å²) in [5.74, 6) is 1.50. The summed E-state index contributed by atoms with van der Waals surface area (Å²) in [6.45, 7) is 6.77. The van der Waals surface area contributed by atoms with Crippen molar-refractivity contribution in [2.24, 2.45) is 17.6 Å². The van der Waals surface area contributed by atoms with Crippen molar-refractivity contribution in [3.63, 3.8) is 0 Å². The second-order valence-electron chi connectivity index (χ2n) is 4.24. The zero-order valence-corrected chi connectivity index (χ0v) is 7.35. The average molecular weight is 141 g/mol. The van der Waals surface area contributed by atoms with Crippen LogP contribution in [0.25, 0.3) is 0 Å². The van der Waals surface area contributed by atoms with Crippen molar-refractivity contribution in [3.8, 4) is 0 Å². The van der Waals surface area contributed by atoms with E-state index < -0.39 is 0 Å². The molecule has 0 radical (unpaired) electrons. The van der Waals surface area contributed by atoms with Gasteiger partial charge in [-0.15, -0.1) is 0 Å². The van der Waals surface area contributed by atoms with Gasteiger partial charge in [-0.1, -0.05) is 20.8 Å². The van der Waals surface area contributed by atoms with Gasteiger partial charge in [-0.3, -0.25) is 0 Å². The van der Waals surface area contributed by atoms with Gasteiger partial charge in [-0.25, -0.2) is 0 Å². The first-order valence-electron chi connectivity index (χ1n) is 4.33. The summed E-state index contributed by atoms with van der Waals surface area (Å²) in [6, 6.07) is 0. The first-order chi connectivity index (χ1) is 4.54. The molecule has 0 heterocycles. The molecule has 2 N–H and O–H groups in total. The molecule has 60 valence electrons. The van der Waals surface area contributed by atoms with Crippen LogP contribution >= 0.6 is 0 Å². The minimum absolute atomic E-state index is 0.166. The maximum atomic E-state index is 6.19. The molecule has 0 saturated heterocycles. The van der Waals surface area contributed by atoms with Gasteiger partial charge in [0.1, 0.15) is 0 Å². The normalized spacial score (nSPS) is 41.1. The van der Waals surface area contributed by atoms with Crippen LogP contribution in [0.2, 0.25) is 0 Å². The third-order valence-corrected chi connectivity index (χ3v) is 2.98. The van der Waals surface area contributed by atoms with Crippen LogP contribution in [0, 0.1) is 11.8 Å². The van der Waals surface area contributed by atoms with Crippen LogP contribution in [0.15, 0.2) is 0 Å². The Morgan fingerprint density at radius 1 is 1.50 bits per heavy atom. The predicted molar refractivity (Wildman–Crippen MR) is 44.8 cm³/mol. The lowest BCUT2D eigenvalue weighted by Crippen LogP contribution is -2.42. The third-order valence-electron chi connectivity index (χ3n) is 2.98. The largest absolute Gasteiger partial charge is 0.325 e. The lowest BCUT2D eigenvalue weighted by Gasteiger charge is -2.28. The molecule has 0 amide bonds. The Bertz CT molecular complexity index is 120. The van der Waals surface area contributed by atoms with Crippen molar-refractivity contribution in [1.29, 1.82) is 0 Å². The van der Waals surface area contributed by atoms with E-state index in [1.54, 1.807) is 0 Å². The van der Waals surface area contributed by atoms with Crippen LogP contribution < -0.4 is 5.73 Å². The van der Waals surface area contributed by atoms with Gasteiger partial charge in [0.15, 0.2) is 0 Å². The van der Waals surface area contributed by atoms with Crippen molar-refractivity contribution in [1.82, 2.24) is 0 Å². The van der Waals surface area contributed by atoms with E-state index >= 15 is 0 Å². The summed E-state index contributed by atoms with van der Waals surface area (Å²) in [5.41, 5.74) is 6.36. The highest BCUT2D eigenvalue weighted by Gasteiger charge is 2.35.